The largest absolute Gasteiger partial charge is 0.390 e. The van der Waals surface area contributed by atoms with Gasteiger partial charge < -0.3 is 21.7 Å². The van der Waals surface area contributed by atoms with Crippen LogP contribution >= 0.6 is 0 Å². The summed E-state index contributed by atoms with van der Waals surface area (Å²) in [4.78, 5) is 10.0. The van der Waals surface area contributed by atoms with Crippen molar-refractivity contribution in [2.75, 3.05) is 18.0 Å². The molecule has 1 aromatic rings. The zero-order valence-corrected chi connectivity index (χ0v) is 8.93. The molecule has 2 unspecified atom stereocenters. The van der Waals surface area contributed by atoms with E-state index in [4.69, 9.17) is 17.0 Å². The van der Waals surface area contributed by atoms with Gasteiger partial charge >= 0.3 is 0 Å². The summed E-state index contributed by atoms with van der Waals surface area (Å²) in [7, 11) is 0. The molecule has 2 atom stereocenters. The molecule has 0 fully saturated rings. The van der Waals surface area contributed by atoms with Gasteiger partial charge in [-0.3, -0.25) is 0 Å². The molecule has 9 heteroatoms. The third kappa shape index (κ3) is 3.45. The van der Waals surface area contributed by atoms with Crippen molar-refractivity contribution in [3.63, 3.8) is 0 Å². The van der Waals surface area contributed by atoms with E-state index in [9.17, 15) is 10.2 Å². The highest BCUT2D eigenvalue weighted by Crippen LogP contribution is 2.19. The number of hydrogen-bond donors (Lipinski definition) is 4. The minimum absolute atomic E-state index is 0.0104. The monoisotopic (exact) mass is 239 g/mol. The predicted molar refractivity (Wildman–Crippen MR) is 60.5 cm³/mol. The number of hydrogen-bond acceptors (Lipinski definition) is 7. The Morgan fingerprint density at radius 3 is 2.71 bits per heavy atom. The molecule has 6 N–H and O–H groups in total. The third-order valence-corrected chi connectivity index (χ3v) is 2.10. The lowest BCUT2D eigenvalue weighted by molar-refractivity contribution is 0.0124. The van der Waals surface area contributed by atoms with Gasteiger partial charge in [0.1, 0.15) is 6.10 Å². The van der Waals surface area contributed by atoms with E-state index >= 15 is 0 Å². The molecule has 92 valence electrons. The molecular weight excluding hydrogens is 226 g/mol. The van der Waals surface area contributed by atoms with Gasteiger partial charge in [0.05, 0.1) is 18.0 Å². The lowest BCUT2D eigenvalue weighted by Crippen LogP contribution is -2.21. The number of aliphatic hydroxyl groups is 2. The topological polar surface area (TPSA) is 167 Å². The predicted octanol–water partition coefficient (Wildman–Crippen LogP) is -0.264. The Bertz CT molecular complexity index is 432. The first kappa shape index (κ1) is 13.0. The normalized spacial score (nSPS) is 13.8. The number of nitrogens with zero attached hydrogens (tertiary/aromatic N) is 5. The smallest absolute Gasteiger partial charge is 0.166 e. The quantitative estimate of drug-likeness (QED) is 0.313. The van der Waals surface area contributed by atoms with Crippen LogP contribution in [0.5, 0.6) is 0 Å². The maximum atomic E-state index is 9.72. The van der Waals surface area contributed by atoms with E-state index in [1.807, 2.05) is 0 Å². The summed E-state index contributed by atoms with van der Waals surface area (Å²) in [5.41, 5.74) is 19.0. The number of aliphatic hydroxyl groups excluding tert-OH is 2. The molecule has 9 nitrogen and oxygen atoms in total. The van der Waals surface area contributed by atoms with Crippen LogP contribution in [0.25, 0.3) is 10.4 Å². The minimum Gasteiger partial charge on any atom is -0.390 e. The first-order valence-corrected chi connectivity index (χ1v) is 4.81. The molecular formula is C8H13N7O2. The van der Waals surface area contributed by atoms with E-state index < -0.39 is 12.2 Å². The SMILES string of the molecule is [N-]=[N+]=NCCC(O)C(O)c1cnc(N)c(N)n1. The van der Waals surface area contributed by atoms with Gasteiger partial charge in [0, 0.05) is 11.5 Å². The summed E-state index contributed by atoms with van der Waals surface area (Å²) in [5.74, 6) is 0.0494. The van der Waals surface area contributed by atoms with Crippen LogP contribution in [0.2, 0.25) is 0 Å². The standard InChI is InChI=1S/C8H13N7O2/c9-7-8(10)14-4(3-12-7)6(17)5(16)1-2-13-15-11/h3,5-6,16-17H,1-2H2,(H2,9,12)(H2,10,14). The molecule has 0 spiro atoms. The molecule has 0 amide bonds. The highest BCUT2D eigenvalue weighted by atomic mass is 16.3. The second-order valence-corrected chi connectivity index (χ2v) is 3.32. The zero-order chi connectivity index (χ0) is 12.8. The van der Waals surface area contributed by atoms with Gasteiger partial charge in [0.15, 0.2) is 11.6 Å². The Morgan fingerprint density at radius 1 is 1.41 bits per heavy atom. The van der Waals surface area contributed by atoms with Crippen molar-refractivity contribution in [2.24, 2.45) is 5.11 Å². The molecule has 0 aliphatic carbocycles. The Morgan fingerprint density at radius 2 is 2.12 bits per heavy atom. The van der Waals surface area contributed by atoms with Gasteiger partial charge in [-0.05, 0) is 12.0 Å². The third-order valence-electron chi connectivity index (χ3n) is 2.10. The summed E-state index contributed by atoms with van der Waals surface area (Å²) in [6, 6.07) is 0. The lowest BCUT2D eigenvalue weighted by atomic mass is 10.1. The van der Waals surface area contributed by atoms with E-state index in [2.05, 4.69) is 20.0 Å². The highest BCUT2D eigenvalue weighted by molar-refractivity contribution is 5.51. The first-order chi connectivity index (χ1) is 8.06. The minimum atomic E-state index is -1.25. The molecule has 17 heavy (non-hydrogen) atoms. The molecule has 0 aliphatic heterocycles. The fourth-order valence-electron chi connectivity index (χ4n) is 1.16. The summed E-state index contributed by atoms with van der Waals surface area (Å²) < 4.78 is 0. The highest BCUT2D eigenvalue weighted by Gasteiger charge is 2.20. The molecule has 0 radical (unpaired) electrons. The summed E-state index contributed by atoms with van der Waals surface area (Å²) in [6.45, 7) is 0.0760. The van der Waals surface area contributed by atoms with Crippen LogP contribution in [0.1, 0.15) is 18.2 Å². The van der Waals surface area contributed by atoms with Crippen molar-refractivity contribution >= 4 is 11.6 Å². The van der Waals surface area contributed by atoms with Crippen molar-refractivity contribution in [2.45, 2.75) is 18.6 Å². The van der Waals surface area contributed by atoms with Crippen molar-refractivity contribution < 1.29 is 10.2 Å². The average Bonchev–Trinajstić information content (AvgIpc) is 2.32. The Hall–Kier alpha value is -2.09. The average molecular weight is 239 g/mol. The second-order valence-electron chi connectivity index (χ2n) is 3.32. The number of nitrogens with two attached hydrogens (primary N) is 2. The number of nitrogen functional groups attached to an aromatic ring is 2. The van der Waals surface area contributed by atoms with E-state index in [0.717, 1.165) is 0 Å². The molecule has 1 rings (SSSR count). The van der Waals surface area contributed by atoms with Crippen molar-refractivity contribution in [1.82, 2.24) is 9.97 Å². The summed E-state index contributed by atoms with van der Waals surface area (Å²) >= 11 is 0. The Labute approximate surface area is 96.7 Å². The fourth-order valence-corrected chi connectivity index (χ4v) is 1.16. The van der Waals surface area contributed by atoms with Gasteiger partial charge in [-0.25, -0.2) is 9.97 Å². The second kappa shape index (κ2) is 5.85. The summed E-state index contributed by atoms with van der Waals surface area (Å²) in [6.07, 6.45) is -1.03. The van der Waals surface area contributed by atoms with Crippen LogP contribution in [0, 0.1) is 0 Å². The van der Waals surface area contributed by atoms with E-state index in [-0.39, 0.29) is 30.3 Å². The fraction of sp³-hybridized carbons (Fsp3) is 0.500. The van der Waals surface area contributed by atoms with Crippen LogP contribution in [0.15, 0.2) is 11.3 Å². The molecule has 0 aliphatic rings. The Balaban J connectivity index is 2.70. The first-order valence-electron chi connectivity index (χ1n) is 4.81. The number of anilines is 2. The number of azide groups is 1. The van der Waals surface area contributed by atoms with Gasteiger partial charge in [0.2, 0.25) is 0 Å². The van der Waals surface area contributed by atoms with Crippen molar-refractivity contribution in [1.29, 1.82) is 0 Å². The molecule has 0 aromatic carbocycles. The van der Waals surface area contributed by atoms with Crippen LogP contribution in [-0.2, 0) is 0 Å². The van der Waals surface area contributed by atoms with Gasteiger partial charge in [0.25, 0.3) is 0 Å². The zero-order valence-electron chi connectivity index (χ0n) is 8.93. The van der Waals surface area contributed by atoms with Crippen LogP contribution < -0.4 is 11.5 Å². The Kier molecular flexibility index (Phi) is 4.46. The molecule has 1 aromatic heterocycles. The van der Waals surface area contributed by atoms with Crippen LogP contribution in [0.3, 0.4) is 0 Å². The van der Waals surface area contributed by atoms with Crippen molar-refractivity contribution in [3.05, 3.63) is 22.3 Å². The maximum Gasteiger partial charge on any atom is 0.166 e. The summed E-state index contributed by atoms with van der Waals surface area (Å²) in [5, 5.41) is 22.6. The van der Waals surface area contributed by atoms with Gasteiger partial charge in [-0.15, -0.1) is 0 Å². The van der Waals surface area contributed by atoms with E-state index in [1.165, 1.54) is 6.20 Å². The molecule has 0 saturated carbocycles. The molecule has 0 saturated heterocycles. The van der Waals surface area contributed by atoms with E-state index in [0.29, 0.717) is 0 Å². The molecule has 1 heterocycles. The van der Waals surface area contributed by atoms with E-state index in [1.54, 1.807) is 0 Å². The number of rotatable bonds is 5. The van der Waals surface area contributed by atoms with Crippen LogP contribution in [0.4, 0.5) is 11.6 Å². The lowest BCUT2D eigenvalue weighted by Gasteiger charge is -2.16. The van der Waals surface area contributed by atoms with Crippen LogP contribution in [-0.4, -0.2) is 32.8 Å². The molecule has 0 bridgehead atoms. The van der Waals surface area contributed by atoms with Gasteiger partial charge in [-0.2, -0.15) is 0 Å². The maximum absolute atomic E-state index is 9.72. The van der Waals surface area contributed by atoms with Gasteiger partial charge in [-0.1, -0.05) is 5.11 Å². The number of aromatic nitrogens is 2. The van der Waals surface area contributed by atoms with Crippen molar-refractivity contribution in [3.8, 4) is 0 Å².